The van der Waals surface area contributed by atoms with Crippen molar-refractivity contribution in [2.75, 3.05) is 39.3 Å². The molecule has 4 rings (SSSR count). The number of nitrogens with zero attached hydrogens (tertiary/aromatic N) is 3. The zero-order chi connectivity index (χ0) is 16.1. The Morgan fingerprint density at radius 3 is 1.96 bits per heavy atom. The minimum atomic E-state index is 1.12. The van der Waals surface area contributed by atoms with Crippen molar-refractivity contribution in [3.05, 3.63) is 41.7 Å². The molecule has 0 spiro atoms. The second-order valence-corrected chi connectivity index (χ2v) is 6.80. The molecule has 3 aliphatic heterocycles. The zero-order valence-corrected chi connectivity index (χ0v) is 14.6. The first-order chi connectivity index (χ1) is 11.2. The minimum Gasteiger partial charge on any atom is -0.301 e. The van der Waals surface area contributed by atoms with Gasteiger partial charge < -0.3 is 9.80 Å². The molecule has 1 fully saturated rings. The lowest BCUT2D eigenvalue weighted by Crippen LogP contribution is -2.46. The van der Waals surface area contributed by atoms with E-state index in [4.69, 9.17) is 4.98 Å². The Bertz CT molecular complexity index is 580. The number of allylic oxidation sites excluding steroid dienone is 3. The van der Waals surface area contributed by atoms with Crippen LogP contribution in [-0.2, 0) is 0 Å². The van der Waals surface area contributed by atoms with Crippen LogP contribution in [0.5, 0.6) is 0 Å². The van der Waals surface area contributed by atoms with E-state index in [-0.39, 0.29) is 0 Å². The maximum Gasteiger partial charge on any atom is 0.0663 e. The van der Waals surface area contributed by atoms with Crippen LogP contribution in [0.25, 0.3) is 11.1 Å². The quantitative estimate of drug-likeness (QED) is 0.728. The van der Waals surface area contributed by atoms with Gasteiger partial charge in [0.25, 0.3) is 0 Å². The van der Waals surface area contributed by atoms with Gasteiger partial charge in [0.1, 0.15) is 0 Å². The fourth-order valence-corrected chi connectivity index (χ4v) is 3.42. The summed E-state index contributed by atoms with van der Waals surface area (Å²) in [5.41, 5.74) is 4.84. The summed E-state index contributed by atoms with van der Waals surface area (Å²) in [6.07, 6.45) is 8.21. The van der Waals surface area contributed by atoms with Crippen LogP contribution in [0.3, 0.4) is 0 Å². The molecular weight excluding hydrogens is 282 g/mol. The Kier molecular flexibility index (Phi) is 5.63. The Labute approximate surface area is 140 Å². The molecule has 4 bridgehead atoms. The number of aromatic nitrogens is 1. The first-order valence-electron chi connectivity index (χ1n) is 8.98. The molecule has 1 aromatic rings. The van der Waals surface area contributed by atoms with Gasteiger partial charge in [-0.15, -0.1) is 0 Å². The van der Waals surface area contributed by atoms with E-state index in [0.717, 1.165) is 24.2 Å². The third-order valence-electron chi connectivity index (χ3n) is 5.05. The van der Waals surface area contributed by atoms with Crippen molar-refractivity contribution < 1.29 is 0 Å². The summed E-state index contributed by atoms with van der Waals surface area (Å²) < 4.78 is 0. The summed E-state index contributed by atoms with van der Waals surface area (Å²) in [4.78, 5) is 10.1. The second-order valence-electron chi connectivity index (χ2n) is 6.80. The maximum atomic E-state index is 4.85. The summed E-state index contributed by atoms with van der Waals surface area (Å²) in [5.74, 6) is 0. The van der Waals surface area contributed by atoms with Crippen LogP contribution in [0.15, 0.2) is 30.4 Å². The summed E-state index contributed by atoms with van der Waals surface area (Å²) in [5, 5.41) is 0. The number of piperazine rings is 1. The largest absolute Gasteiger partial charge is 0.301 e. The van der Waals surface area contributed by atoms with Crippen molar-refractivity contribution in [3.8, 4) is 0 Å². The van der Waals surface area contributed by atoms with E-state index in [2.05, 4.69) is 54.0 Å². The highest BCUT2D eigenvalue weighted by atomic mass is 15.3. The lowest BCUT2D eigenvalue weighted by molar-refractivity contribution is 0.133. The molecule has 0 aromatic carbocycles. The van der Waals surface area contributed by atoms with Gasteiger partial charge in [-0.3, -0.25) is 0 Å². The molecule has 0 unspecified atom stereocenters. The normalized spacial score (nSPS) is 31.0. The highest BCUT2D eigenvalue weighted by molar-refractivity contribution is 5.65. The van der Waals surface area contributed by atoms with Gasteiger partial charge in [-0.25, -0.2) is 4.98 Å². The van der Waals surface area contributed by atoms with Gasteiger partial charge in [-0.2, -0.15) is 0 Å². The molecule has 124 valence electrons. The molecule has 3 heteroatoms. The molecule has 1 saturated heterocycles. The second kappa shape index (κ2) is 7.89. The SMILES string of the molecule is C/C1=C/CCCN2CCN(CC/C=C(/C)c3cccc1n3)CC2. The lowest BCUT2D eigenvalue weighted by atomic mass is 10.1. The summed E-state index contributed by atoms with van der Waals surface area (Å²) in [6, 6.07) is 6.39. The zero-order valence-electron chi connectivity index (χ0n) is 14.6. The number of pyridine rings is 1. The minimum absolute atomic E-state index is 1.12. The average molecular weight is 311 g/mol. The van der Waals surface area contributed by atoms with Gasteiger partial charge in [0, 0.05) is 32.7 Å². The van der Waals surface area contributed by atoms with Crippen LogP contribution < -0.4 is 0 Å². The van der Waals surface area contributed by atoms with Gasteiger partial charge in [-0.05, 0) is 62.9 Å². The molecule has 4 heterocycles. The molecule has 3 nitrogen and oxygen atoms in total. The standard InChI is InChI=1S/C20H29N3/c1-17-7-3-4-11-22-13-15-23(16-14-22)12-6-8-18(2)20-10-5-9-19(17)21-20/h5,7-10H,3-4,6,11-16H2,1-2H3/b17-7-,18-8-. The molecule has 0 amide bonds. The smallest absolute Gasteiger partial charge is 0.0663 e. The first kappa shape index (κ1) is 16.4. The van der Waals surface area contributed by atoms with E-state index < -0.39 is 0 Å². The summed E-state index contributed by atoms with van der Waals surface area (Å²) in [7, 11) is 0. The van der Waals surface area contributed by atoms with E-state index in [1.54, 1.807) is 0 Å². The predicted molar refractivity (Wildman–Crippen MR) is 98.3 cm³/mol. The highest BCUT2D eigenvalue weighted by Crippen LogP contribution is 2.18. The average Bonchev–Trinajstić information content (AvgIpc) is 2.59. The fraction of sp³-hybridized carbons (Fsp3) is 0.550. The van der Waals surface area contributed by atoms with Crippen molar-refractivity contribution in [2.24, 2.45) is 0 Å². The van der Waals surface area contributed by atoms with E-state index >= 15 is 0 Å². The van der Waals surface area contributed by atoms with Crippen LogP contribution in [0.2, 0.25) is 0 Å². The Morgan fingerprint density at radius 1 is 0.739 bits per heavy atom. The van der Waals surface area contributed by atoms with Crippen molar-refractivity contribution in [2.45, 2.75) is 33.1 Å². The monoisotopic (exact) mass is 311 g/mol. The van der Waals surface area contributed by atoms with E-state index in [1.165, 1.54) is 56.8 Å². The van der Waals surface area contributed by atoms with Gasteiger partial charge in [0.2, 0.25) is 0 Å². The van der Waals surface area contributed by atoms with E-state index in [1.807, 2.05) is 0 Å². The van der Waals surface area contributed by atoms with Crippen molar-refractivity contribution >= 4 is 11.1 Å². The fourth-order valence-electron chi connectivity index (χ4n) is 3.42. The first-order valence-corrected chi connectivity index (χ1v) is 8.98. The molecule has 1 aromatic heterocycles. The number of fused-ring (bicyclic) bond motifs is 7. The molecule has 0 aliphatic carbocycles. The number of hydrogen-bond donors (Lipinski definition) is 0. The van der Waals surface area contributed by atoms with E-state index in [9.17, 15) is 0 Å². The Balaban J connectivity index is 1.81. The molecule has 3 aliphatic rings. The van der Waals surface area contributed by atoms with Crippen molar-refractivity contribution in [3.63, 3.8) is 0 Å². The third kappa shape index (κ3) is 4.52. The number of rotatable bonds is 0. The van der Waals surface area contributed by atoms with E-state index in [0.29, 0.717) is 0 Å². The van der Waals surface area contributed by atoms with Crippen LogP contribution in [0.1, 0.15) is 44.5 Å². The number of hydrogen-bond acceptors (Lipinski definition) is 3. The van der Waals surface area contributed by atoms with Gasteiger partial charge in [0.05, 0.1) is 11.4 Å². The van der Waals surface area contributed by atoms with Crippen LogP contribution in [0.4, 0.5) is 0 Å². The highest BCUT2D eigenvalue weighted by Gasteiger charge is 2.15. The third-order valence-corrected chi connectivity index (χ3v) is 5.05. The van der Waals surface area contributed by atoms with Gasteiger partial charge in [-0.1, -0.05) is 18.2 Å². The Hall–Kier alpha value is -1.45. The maximum absolute atomic E-state index is 4.85. The van der Waals surface area contributed by atoms with Gasteiger partial charge in [0.15, 0.2) is 0 Å². The summed E-state index contributed by atoms with van der Waals surface area (Å²) >= 11 is 0. The predicted octanol–water partition coefficient (Wildman–Crippen LogP) is 3.69. The topological polar surface area (TPSA) is 19.4 Å². The van der Waals surface area contributed by atoms with Crippen LogP contribution in [0, 0.1) is 0 Å². The lowest BCUT2D eigenvalue weighted by Gasteiger charge is -2.34. The van der Waals surface area contributed by atoms with Crippen LogP contribution >= 0.6 is 0 Å². The molecule has 0 radical (unpaired) electrons. The van der Waals surface area contributed by atoms with Crippen LogP contribution in [-0.4, -0.2) is 54.1 Å². The van der Waals surface area contributed by atoms with Crippen molar-refractivity contribution in [1.29, 1.82) is 0 Å². The molecule has 23 heavy (non-hydrogen) atoms. The molecular formula is C20H29N3. The molecule has 0 saturated carbocycles. The molecule has 0 atom stereocenters. The molecule has 0 N–H and O–H groups in total. The Morgan fingerprint density at radius 2 is 1.30 bits per heavy atom. The van der Waals surface area contributed by atoms with Crippen molar-refractivity contribution in [1.82, 2.24) is 14.8 Å². The summed E-state index contributed by atoms with van der Waals surface area (Å²) in [6.45, 7) is 11.7. The van der Waals surface area contributed by atoms with Gasteiger partial charge >= 0.3 is 0 Å².